The average molecular weight is 250 g/mol. The molecule has 1 aliphatic rings. The number of carbonyl (C=O) groups excluding carboxylic acids is 1. The van der Waals surface area contributed by atoms with Crippen molar-refractivity contribution < 1.29 is 9.53 Å². The molecule has 1 fully saturated rings. The van der Waals surface area contributed by atoms with Gasteiger partial charge in [-0.3, -0.25) is 4.79 Å². The van der Waals surface area contributed by atoms with Crippen LogP contribution in [0, 0.1) is 5.92 Å². The fraction of sp³-hybridized carbons (Fsp3) is 0.583. The van der Waals surface area contributed by atoms with Crippen LogP contribution in [-0.4, -0.2) is 42.9 Å². The maximum atomic E-state index is 11.8. The molecule has 0 saturated carbocycles. The number of nitrogens with zero attached hydrogens (tertiary/aromatic N) is 2. The molecule has 2 N–H and O–H groups in total. The Balaban J connectivity index is 1.76. The largest absolute Gasteiger partial charge is 0.381 e. The monoisotopic (exact) mass is 250 g/mol. The normalized spacial score (nSPS) is 18.6. The van der Waals surface area contributed by atoms with Gasteiger partial charge in [0.1, 0.15) is 5.82 Å². The second kappa shape index (κ2) is 6.30. The molecule has 1 unspecified atom stereocenters. The van der Waals surface area contributed by atoms with Crippen LogP contribution in [0.3, 0.4) is 0 Å². The average Bonchev–Trinajstić information content (AvgIpc) is 2.92. The Bertz CT molecular complexity index is 388. The van der Waals surface area contributed by atoms with Crippen LogP contribution in [0.15, 0.2) is 12.1 Å². The van der Waals surface area contributed by atoms with Gasteiger partial charge in [0.15, 0.2) is 5.69 Å². The van der Waals surface area contributed by atoms with Gasteiger partial charge in [0.2, 0.25) is 0 Å². The molecule has 0 aromatic carbocycles. The van der Waals surface area contributed by atoms with Crippen molar-refractivity contribution in [3.8, 4) is 0 Å². The van der Waals surface area contributed by atoms with E-state index >= 15 is 0 Å². The molecule has 1 atom stereocenters. The highest BCUT2D eigenvalue weighted by atomic mass is 16.5. The number of nitrogens with one attached hydrogen (secondary N) is 2. The van der Waals surface area contributed by atoms with Crippen LogP contribution in [0.1, 0.15) is 23.3 Å². The van der Waals surface area contributed by atoms with E-state index in [1.54, 1.807) is 19.2 Å². The first kappa shape index (κ1) is 12.8. The van der Waals surface area contributed by atoms with Gasteiger partial charge in [-0.25, -0.2) is 0 Å². The summed E-state index contributed by atoms with van der Waals surface area (Å²) in [5.74, 6) is 1.04. The molecule has 1 aromatic heterocycles. The Labute approximate surface area is 106 Å². The van der Waals surface area contributed by atoms with Gasteiger partial charge >= 0.3 is 0 Å². The summed E-state index contributed by atoms with van der Waals surface area (Å²) in [5, 5.41) is 13.4. The molecular weight excluding hydrogens is 232 g/mol. The number of rotatable bonds is 5. The zero-order valence-corrected chi connectivity index (χ0v) is 10.5. The van der Waals surface area contributed by atoms with E-state index in [2.05, 4.69) is 20.8 Å². The lowest BCUT2D eigenvalue weighted by Gasteiger charge is -2.08. The molecule has 1 amide bonds. The van der Waals surface area contributed by atoms with Crippen LogP contribution < -0.4 is 10.6 Å². The summed E-state index contributed by atoms with van der Waals surface area (Å²) in [6.07, 6.45) is 2.04. The predicted molar refractivity (Wildman–Crippen MR) is 67.5 cm³/mol. The van der Waals surface area contributed by atoms with Gasteiger partial charge in [-0.05, 0) is 30.9 Å². The quantitative estimate of drug-likeness (QED) is 0.803. The molecule has 6 nitrogen and oxygen atoms in total. The number of ether oxygens (including phenoxy) is 1. The van der Waals surface area contributed by atoms with Gasteiger partial charge in [-0.2, -0.15) is 0 Å². The van der Waals surface area contributed by atoms with Gasteiger partial charge in [0.25, 0.3) is 5.91 Å². The van der Waals surface area contributed by atoms with Crippen molar-refractivity contribution >= 4 is 11.7 Å². The maximum absolute atomic E-state index is 11.8. The SMILES string of the molecule is CNc1ccc(C(=O)NCCC2CCOC2)nn1. The molecule has 2 rings (SSSR count). The summed E-state index contributed by atoms with van der Waals surface area (Å²) < 4.78 is 5.28. The first-order valence-corrected chi connectivity index (χ1v) is 6.17. The van der Waals surface area contributed by atoms with Crippen molar-refractivity contribution in [2.24, 2.45) is 5.92 Å². The maximum Gasteiger partial charge on any atom is 0.271 e. The van der Waals surface area contributed by atoms with E-state index in [0.717, 1.165) is 26.1 Å². The number of carbonyl (C=O) groups is 1. The minimum atomic E-state index is -0.177. The van der Waals surface area contributed by atoms with Crippen molar-refractivity contribution in [2.45, 2.75) is 12.8 Å². The molecular formula is C12H18N4O2. The van der Waals surface area contributed by atoms with E-state index in [1.165, 1.54) is 0 Å². The number of hydrogen-bond acceptors (Lipinski definition) is 5. The van der Waals surface area contributed by atoms with Crippen LogP contribution >= 0.6 is 0 Å². The van der Waals surface area contributed by atoms with Crippen molar-refractivity contribution in [3.05, 3.63) is 17.8 Å². The van der Waals surface area contributed by atoms with Gasteiger partial charge in [0.05, 0.1) is 0 Å². The third kappa shape index (κ3) is 3.40. The third-order valence-corrected chi connectivity index (χ3v) is 3.02. The zero-order valence-electron chi connectivity index (χ0n) is 10.5. The van der Waals surface area contributed by atoms with Crippen molar-refractivity contribution in [1.82, 2.24) is 15.5 Å². The Morgan fingerprint density at radius 1 is 1.50 bits per heavy atom. The zero-order chi connectivity index (χ0) is 12.8. The molecule has 1 saturated heterocycles. The molecule has 0 aliphatic carbocycles. The summed E-state index contributed by atoms with van der Waals surface area (Å²) in [5.41, 5.74) is 0.344. The molecule has 0 spiro atoms. The van der Waals surface area contributed by atoms with Crippen molar-refractivity contribution in [1.29, 1.82) is 0 Å². The predicted octanol–water partition coefficient (Wildman–Crippen LogP) is 0.675. The molecule has 2 heterocycles. The van der Waals surface area contributed by atoms with E-state index in [-0.39, 0.29) is 5.91 Å². The van der Waals surface area contributed by atoms with Crippen LogP contribution in [-0.2, 0) is 4.74 Å². The van der Waals surface area contributed by atoms with Crippen LogP contribution in [0.5, 0.6) is 0 Å². The minimum absolute atomic E-state index is 0.177. The Morgan fingerprint density at radius 3 is 3.00 bits per heavy atom. The molecule has 98 valence electrons. The van der Waals surface area contributed by atoms with E-state index in [9.17, 15) is 4.79 Å². The van der Waals surface area contributed by atoms with Crippen LogP contribution in [0.2, 0.25) is 0 Å². The fourth-order valence-electron chi connectivity index (χ4n) is 1.88. The molecule has 0 radical (unpaired) electrons. The number of aromatic nitrogens is 2. The van der Waals surface area contributed by atoms with E-state index in [4.69, 9.17) is 4.74 Å². The number of amides is 1. The molecule has 18 heavy (non-hydrogen) atoms. The first-order chi connectivity index (χ1) is 8.79. The van der Waals surface area contributed by atoms with Crippen LogP contribution in [0.4, 0.5) is 5.82 Å². The Morgan fingerprint density at radius 2 is 2.39 bits per heavy atom. The lowest BCUT2D eigenvalue weighted by atomic mass is 10.1. The standard InChI is InChI=1S/C12H18N4O2/c1-13-11-3-2-10(15-16-11)12(17)14-6-4-9-5-7-18-8-9/h2-3,9H,4-8H2,1H3,(H,13,16)(H,14,17). The van der Waals surface area contributed by atoms with Crippen LogP contribution in [0.25, 0.3) is 0 Å². The summed E-state index contributed by atoms with van der Waals surface area (Å²) in [6, 6.07) is 3.39. The molecule has 1 aliphatic heterocycles. The fourth-order valence-corrected chi connectivity index (χ4v) is 1.88. The molecule has 1 aromatic rings. The summed E-state index contributed by atoms with van der Waals surface area (Å²) in [7, 11) is 1.76. The first-order valence-electron chi connectivity index (χ1n) is 6.17. The second-order valence-corrected chi connectivity index (χ2v) is 4.33. The minimum Gasteiger partial charge on any atom is -0.381 e. The lowest BCUT2D eigenvalue weighted by Crippen LogP contribution is -2.27. The second-order valence-electron chi connectivity index (χ2n) is 4.33. The van der Waals surface area contributed by atoms with Crippen molar-refractivity contribution in [2.75, 3.05) is 32.1 Å². The number of hydrogen-bond donors (Lipinski definition) is 2. The third-order valence-electron chi connectivity index (χ3n) is 3.02. The van der Waals surface area contributed by atoms with Gasteiger partial charge in [-0.15, -0.1) is 10.2 Å². The highest BCUT2D eigenvalue weighted by Crippen LogP contribution is 2.15. The van der Waals surface area contributed by atoms with Gasteiger partial charge in [0, 0.05) is 26.8 Å². The highest BCUT2D eigenvalue weighted by Gasteiger charge is 2.15. The summed E-state index contributed by atoms with van der Waals surface area (Å²) in [6.45, 7) is 2.31. The highest BCUT2D eigenvalue weighted by molar-refractivity contribution is 5.92. The van der Waals surface area contributed by atoms with E-state index in [1.807, 2.05) is 0 Å². The van der Waals surface area contributed by atoms with E-state index in [0.29, 0.717) is 24.0 Å². The van der Waals surface area contributed by atoms with Crippen molar-refractivity contribution in [3.63, 3.8) is 0 Å². The summed E-state index contributed by atoms with van der Waals surface area (Å²) >= 11 is 0. The summed E-state index contributed by atoms with van der Waals surface area (Å²) in [4.78, 5) is 11.8. The van der Waals surface area contributed by atoms with Gasteiger partial charge in [-0.1, -0.05) is 0 Å². The smallest absolute Gasteiger partial charge is 0.271 e. The molecule has 0 bridgehead atoms. The number of anilines is 1. The van der Waals surface area contributed by atoms with E-state index < -0.39 is 0 Å². The Kier molecular flexibility index (Phi) is 4.46. The Hall–Kier alpha value is -1.69. The molecule has 6 heteroatoms. The topological polar surface area (TPSA) is 76.1 Å². The van der Waals surface area contributed by atoms with Gasteiger partial charge < -0.3 is 15.4 Å². The lowest BCUT2D eigenvalue weighted by molar-refractivity contribution is 0.0944.